The second-order valence-corrected chi connectivity index (χ2v) is 7.68. The van der Waals surface area contributed by atoms with Crippen LogP contribution in [0, 0.1) is 0 Å². The SMILES string of the molecule is C=C(NN)c1ccc(CN(SCCN2CCCC2)c2ccccc2)cc1. The summed E-state index contributed by atoms with van der Waals surface area (Å²) in [4.78, 5) is 2.57. The first-order chi connectivity index (χ1) is 12.8. The van der Waals surface area contributed by atoms with Crippen LogP contribution in [0.5, 0.6) is 0 Å². The number of hydrogen-bond acceptors (Lipinski definition) is 5. The summed E-state index contributed by atoms with van der Waals surface area (Å²) in [6, 6.07) is 19.0. The van der Waals surface area contributed by atoms with Crippen LogP contribution in [0.3, 0.4) is 0 Å². The molecule has 3 rings (SSSR count). The predicted molar refractivity (Wildman–Crippen MR) is 114 cm³/mol. The van der Waals surface area contributed by atoms with Gasteiger partial charge in [0.05, 0.1) is 6.54 Å². The van der Waals surface area contributed by atoms with Gasteiger partial charge in [-0.25, -0.2) is 0 Å². The summed E-state index contributed by atoms with van der Waals surface area (Å²) >= 11 is 1.91. The van der Waals surface area contributed by atoms with Gasteiger partial charge in [0.1, 0.15) is 0 Å². The Balaban J connectivity index is 1.64. The van der Waals surface area contributed by atoms with E-state index in [1.165, 1.54) is 37.2 Å². The summed E-state index contributed by atoms with van der Waals surface area (Å²) in [5, 5.41) is 0. The highest BCUT2D eigenvalue weighted by Crippen LogP contribution is 2.25. The number of hydrogen-bond donors (Lipinski definition) is 2. The van der Waals surface area contributed by atoms with Crippen molar-refractivity contribution < 1.29 is 0 Å². The molecule has 1 aliphatic rings. The Hall–Kier alpha value is -1.95. The summed E-state index contributed by atoms with van der Waals surface area (Å²) in [6.45, 7) is 8.45. The lowest BCUT2D eigenvalue weighted by Gasteiger charge is -2.25. The van der Waals surface area contributed by atoms with E-state index in [0.29, 0.717) is 0 Å². The van der Waals surface area contributed by atoms with Crippen LogP contribution in [0.2, 0.25) is 0 Å². The Morgan fingerprint density at radius 3 is 2.42 bits per heavy atom. The number of nitrogens with one attached hydrogen (secondary N) is 1. The van der Waals surface area contributed by atoms with Crippen molar-refractivity contribution in [1.29, 1.82) is 0 Å². The van der Waals surface area contributed by atoms with E-state index in [0.717, 1.165) is 30.1 Å². The van der Waals surface area contributed by atoms with Gasteiger partial charge in [-0.15, -0.1) is 0 Å². The van der Waals surface area contributed by atoms with Crippen molar-refractivity contribution in [3.8, 4) is 0 Å². The first-order valence-electron chi connectivity index (χ1n) is 9.19. The summed E-state index contributed by atoms with van der Waals surface area (Å²) in [6.07, 6.45) is 2.70. The number of para-hydroxylation sites is 1. The smallest absolute Gasteiger partial charge is 0.0546 e. The monoisotopic (exact) mass is 368 g/mol. The first-order valence-corrected chi connectivity index (χ1v) is 10.1. The maximum atomic E-state index is 5.44. The van der Waals surface area contributed by atoms with Gasteiger partial charge in [0.25, 0.3) is 0 Å². The lowest BCUT2D eigenvalue weighted by atomic mass is 10.1. The molecule has 0 atom stereocenters. The third kappa shape index (κ3) is 5.27. The summed E-state index contributed by atoms with van der Waals surface area (Å²) in [7, 11) is 0. The highest BCUT2D eigenvalue weighted by Gasteiger charge is 2.13. The van der Waals surface area contributed by atoms with Crippen molar-refractivity contribution >= 4 is 23.3 Å². The fourth-order valence-corrected chi connectivity index (χ4v) is 4.22. The average molecular weight is 369 g/mol. The lowest BCUT2D eigenvalue weighted by molar-refractivity contribution is 0.362. The van der Waals surface area contributed by atoms with Gasteiger partial charge in [-0.05, 0) is 61.1 Å². The Kier molecular flexibility index (Phi) is 7.00. The molecule has 3 N–H and O–H groups in total. The maximum absolute atomic E-state index is 5.44. The standard InChI is InChI=1S/C21H28N4S/c1-18(23-22)20-11-9-19(10-12-20)17-25(21-7-3-2-4-8-21)26-16-15-24-13-5-6-14-24/h2-4,7-12,23H,1,5-6,13-17,22H2. The molecule has 138 valence electrons. The maximum Gasteiger partial charge on any atom is 0.0546 e. The van der Waals surface area contributed by atoms with Crippen LogP contribution in [-0.4, -0.2) is 30.3 Å². The average Bonchev–Trinajstić information content (AvgIpc) is 3.21. The molecule has 0 unspecified atom stereocenters. The van der Waals surface area contributed by atoms with Crippen molar-refractivity contribution in [2.45, 2.75) is 19.4 Å². The Bertz CT molecular complexity index is 681. The van der Waals surface area contributed by atoms with Gasteiger partial charge in [0, 0.05) is 23.7 Å². The lowest BCUT2D eigenvalue weighted by Crippen LogP contribution is -2.24. The Morgan fingerprint density at radius 1 is 1.08 bits per heavy atom. The molecule has 0 aromatic heterocycles. The molecule has 0 saturated carbocycles. The van der Waals surface area contributed by atoms with E-state index >= 15 is 0 Å². The van der Waals surface area contributed by atoms with Crippen molar-refractivity contribution in [3.63, 3.8) is 0 Å². The van der Waals surface area contributed by atoms with Crippen LogP contribution in [0.1, 0.15) is 24.0 Å². The van der Waals surface area contributed by atoms with Crippen LogP contribution < -0.4 is 15.6 Å². The van der Waals surface area contributed by atoms with Gasteiger partial charge in [0.15, 0.2) is 0 Å². The van der Waals surface area contributed by atoms with Gasteiger partial charge in [0.2, 0.25) is 0 Å². The van der Waals surface area contributed by atoms with E-state index in [2.05, 4.69) is 75.8 Å². The van der Waals surface area contributed by atoms with Gasteiger partial charge in [-0.3, -0.25) is 5.84 Å². The molecule has 0 bridgehead atoms. The number of rotatable bonds is 9. The minimum absolute atomic E-state index is 0.733. The molecule has 4 nitrogen and oxygen atoms in total. The Labute approximate surface area is 161 Å². The van der Waals surface area contributed by atoms with Crippen LogP contribution in [-0.2, 0) is 6.54 Å². The molecule has 1 fully saturated rings. The van der Waals surface area contributed by atoms with Crippen molar-refractivity contribution in [2.24, 2.45) is 5.84 Å². The molecule has 0 aliphatic carbocycles. The Morgan fingerprint density at radius 2 is 1.77 bits per heavy atom. The molecule has 0 radical (unpaired) electrons. The zero-order valence-corrected chi connectivity index (χ0v) is 16.0. The zero-order chi connectivity index (χ0) is 18.2. The van der Waals surface area contributed by atoms with Crippen LogP contribution in [0.25, 0.3) is 5.70 Å². The van der Waals surface area contributed by atoms with Crippen molar-refractivity contribution in [2.75, 3.05) is 29.7 Å². The van der Waals surface area contributed by atoms with Crippen molar-refractivity contribution in [3.05, 3.63) is 72.3 Å². The molecule has 0 spiro atoms. The highest BCUT2D eigenvalue weighted by molar-refractivity contribution is 8.00. The zero-order valence-electron chi connectivity index (χ0n) is 15.2. The quantitative estimate of drug-likeness (QED) is 0.400. The summed E-state index contributed by atoms with van der Waals surface area (Å²) in [5.41, 5.74) is 6.88. The van der Waals surface area contributed by atoms with E-state index in [1.807, 2.05) is 11.9 Å². The molecule has 0 amide bonds. The van der Waals surface area contributed by atoms with Crippen LogP contribution in [0.15, 0.2) is 61.2 Å². The second-order valence-electron chi connectivity index (χ2n) is 6.57. The molecular formula is C21H28N4S. The van der Waals surface area contributed by atoms with E-state index in [9.17, 15) is 0 Å². The van der Waals surface area contributed by atoms with Crippen LogP contribution in [0.4, 0.5) is 5.69 Å². The van der Waals surface area contributed by atoms with E-state index in [4.69, 9.17) is 5.84 Å². The van der Waals surface area contributed by atoms with Gasteiger partial charge in [-0.1, -0.05) is 49.0 Å². The minimum atomic E-state index is 0.733. The molecule has 2 aromatic rings. The largest absolute Gasteiger partial charge is 0.324 e. The molecule has 5 heteroatoms. The molecule has 1 heterocycles. The number of benzene rings is 2. The molecule has 1 aliphatic heterocycles. The highest BCUT2D eigenvalue weighted by atomic mass is 32.2. The normalized spacial score (nSPS) is 14.3. The predicted octanol–water partition coefficient (Wildman–Crippen LogP) is 3.87. The number of hydrazine groups is 1. The van der Waals surface area contributed by atoms with E-state index < -0.39 is 0 Å². The minimum Gasteiger partial charge on any atom is -0.324 e. The van der Waals surface area contributed by atoms with Gasteiger partial charge < -0.3 is 14.6 Å². The van der Waals surface area contributed by atoms with E-state index in [-0.39, 0.29) is 0 Å². The number of anilines is 1. The van der Waals surface area contributed by atoms with Gasteiger partial charge >= 0.3 is 0 Å². The van der Waals surface area contributed by atoms with Crippen LogP contribution >= 0.6 is 11.9 Å². The fourth-order valence-electron chi connectivity index (χ4n) is 3.15. The molecule has 2 aromatic carbocycles. The molecular weight excluding hydrogens is 340 g/mol. The summed E-state index contributed by atoms with van der Waals surface area (Å²) in [5.74, 6) is 6.55. The number of likely N-dealkylation sites (tertiary alicyclic amines) is 1. The van der Waals surface area contributed by atoms with Gasteiger partial charge in [-0.2, -0.15) is 0 Å². The number of nitrogens with two attached hydrogens (primary N) is 1. The second kappa shape index (κ2) is 9.67. The number of nitrogens with zero attached hydrogens (tertiary/aromatic N) is 2. The van der Waals surface area contributed by atoms with E-state index in [1.54, 1.807) is 0 Å². The topological polar surface area (TPSA) is 44.5 Å². The summed E-state index contributed by atoms with van der Waals surface area (Å²) < 4.78 is 2.39. The molecule has 26 heavy (non-hydrogen) atoms. The van der Waals surface area contributed by atoms with Crippen molar-refractivity contribution in [1.82, 2.24) is 10.3 Å². The third-order valence-corrected chi connectivity index (χ3v) is 5.72. The third-order valence-electron chi connectivity index (χ3n) is 4.70. The molecule has 1 saturated heterocycles. The fraction of sp³-hybridized carbons (Fsp3) is 0.333. The first kappa shape index (κ1) is 18.8.